The van der Waals surface area contributed by atoms with Gasteiger partial charge in [-0.25, -0.2) is 5.43 Å². The summed E-state index contributed by atoms with van der Waals surface area (Å²) in [7, 11) is 1.44. The van der Waals surface area contributed by atoms with Crippen molar-refractivity contribution in [2.24, 2.45) is 5.10 Å². The third kappa shape index (κ3) is 5.75. The Morgan fingerprint density at radius 2 is 2.00 bits per heavy atom. The number of phenolic OH excluding ortho intramolecular Hbond substituents is 1. The van der Waals surface area contributed by atoms with Crippen LogP contribution < -0.4 is 15.5 Å². The van der Waals surface area contributed by atoms with Crippen LogP contribution in [0.3, 0.4) is 0 Å². The van der Waals surface area contributed by atoms with Crippen molar-refractivity contribution in [3.63, 3.8) is 0 Å². The first-order valence-corrected chi connectivity index (χ1v) is 9.72. The molecule has 0 fully saturated rings. The number of aromatic nitrogens is 2. The summed E-state index contributed by atoms with van der Waals surface area (Å²) in [6, 6.07) is 11.1. The average Bonchev–Trinajstić information content (AvgIpc) is 3.16. The molecule has 0 radical (unpaired) electrons. The van der Waals surface area contributed by atoms with Crippen molar-refractivity contribution in [1.29, 1.82) is 0 Å². The van der Waals surface area contributed by atoms with Gasteiger partial charge in [0, 0.05) is 10.6 Å². The largest absolute Gasteiger partial charge is 0.504 e. The van der Waals surface area contributed by atoms with E-state index in [1.807, 2.05) is 0 Å². The summed E-state index contributed by atoms with van der Waals surface area (Å²) in [5.74, 6) is -0.447. The number of nitrogens with zero attached hydrogens (tertiary/aromatic N) is 3. The molecule has 9 nitrogen and oxygen atoms in total. The SMILES string of the molecule is COc1cc(/C=N/NC(=O)Cc2nnc(NC(=O)c3ccc(Cl)cc3)s2)ccc1O. The van der Waals surface area contributed by atoms with Crippen molar-refractivity contribution >= 4 is 46.1 Å². The van der Waals surface area contributed by atoms with E-state index in [4.69, 9.17) is 16.3 Å². The van der Waals surface area contributed by atoms with Crippen LogP contribution in [-0.2, 0) is 11.2 Å². The number of rotatable bonds is 7. The van der Waals surface area contributed by atoms with E-state index in [0.717, 1.165) is 11.3 Å². The number of phenols is 1. The fourth-order valence-electron chi connectivity index (χ4n) is 2.28. The normalized spacial score (nSPS) is 10.7. The van der Waals surface area contributed by atoms with Gasteiger partial charge in [0.05, 0.1) is 19.7 Å². The third-order valence-electron chi connectivity index (χ3n) is 3.71. The molecule has 0 unspecified atom stereocenters. The van der Waals surface area contributed by atoms with Crippen LogP contribution in [0.5, 0.6) is 11.5 Å². The lowest BCUT2D eigenvalue weighted by Gasteiger charge is -2.03. The van der Waals surface area contributed by atoms with E-state index in [0.29, 0.717) is 26.9 Å². The Morgan fingerprint density at radius 3 is 2.73 bits per heavy atom. The zero-order valence-electron chi connectivity index (χ0n) is 15.6. The van der Waals surface area contributed by atoms with Gasteiger partial charge in [0.25, 0.3) is 5.91 Å². The van der Waals surface area contributed by atoms with E-state index in [1.54, 1.807) is 36.4 Å². The minimum absolute atomic E-state index is 0.00825. The van der Waals surface area contributed by atoms with E-state index in [1.165, 1.54) is 19.4 Å². The number of hydrogen-bond donors (Lipinski definition) is 3. The minimum Gasteiger partial charge on any atom is -0.504 e. The number of aromatic hydroxyl groups is 1. The van der Waals surface area contributed by atoms with Crippen LogP contribution in [0.2, 0.25) is 5.02 Å². The Bertz CT molecular complexity index is 1080. The molecular weight excluding hydrogens is 430 g/mol. The lowest BCUT2D eigenvalue weighted by Crippen LogP contribution is -2.19. The molecular formula is C19H16ClN5O4S. The first kappa shape index (κ1) is 21.2. The summed E-state index contributed by atoms with van der Waals surface area (Å²) in [5.41, 5.74) is 3.44. The summed E-state index contributed by atoms with van der Waals surface area (Å²) in [5, 5.41) is 25.0. The number of benzene rings is 2. The second-order valence-corrected chi connectivity index (χ2v) is 7.36. The number of halogens is 1. The third-order valence-corrected chi connectivity index (χ3v) is 4.80. The predicted molar refractivity (Wildman–Crippen MR) is 113 cm³/mol. The number of carbonyl (C=O) groups excluding carboxylic acids is 2. The summed E-state index contributed by atoms with van der Waals surface area (Å²) < 4.78 is 5.01. The maximum atomic E-state index is 12.2. The highest BCUT2D eigenvalue weighted by Crippen LogP contribution is 2.25. The van der Waals surface area contributed by atoms with Crippen molar-refractivity contribution in [2.45, 2.75) is 6.42 Å². The standard InChI is InChI=1S/C19H16ClN5O4S/c1-29-15-8-11(2-7-14(15)26)10-21-23-16(27)9-17-24-25-19(30-17)22-18(28)12-3-5-13(20)6-4-12/h2-8,10,26H,9H2,1H3,(H,23,27)(H,22,25,28)/b21-10+. The van der Waals surface area contributed by atoms with E-state index in [2.05, 4.69) is 26.0 Å². The fourth-order valence-corrected chi connectivity index (χ4v) is 3.14. The Hall–Kier alpha value is -3.50. The molecule has 2 aromatic carbocycles. The number of ether oxygens (including phenoxy) is 1. The van der Waals surface area contributed by atoms with Crippen LogP contribution in [-0.4, -0.2) is 40.4 Å². The van der Waals surface area contributed by atoms with Crippen LogP contribution in [0.4, 0.5) is 5.13 Å². The summed E-state index contributed by atoms with van der Waals surface area (Å²) >= 11 is 6.89. The molecule has 11 heteroatoms. The molecule has 0 bridgehead atoms. The van der Waals surface area contributed by atoms with Gasteiger partial charge in [-0.05, 0) is 48.0 Å². The number of methoxy groups -OCH3 is 1. The zero-order chi connectivity index (χ0) is 21.5. The number of anilines is 1. The van der Waals surface area contributed by atoms with Gasteiger partial charge in [0.15, 0.2) is 11.5 Å². The highest BCUT2D eigenvalue weighted by molar-refractivity contribution is 7.15. The van der Waals surface area contributed by atoms with Gasteiger partial charge >= 0.3 is 0 Å². The molecule has 0 aliphatic heterocycles. The minimum atomic E-state index is -0.399. The summed E-state index contributed by atoms with van der Waals surface area (Å²) in [6.07, 6.45) is 1.36. The first-order valence-electron chi connectivity index (χ1n) is 8.53. The van der Waals surface area contributed by atoms with E-state index in [9.17, 15) is 14.7 Å². The topological polar surface area (TPSA) is 126 Å². The molecule has 1 heterocycles. The van der Waals surface area contributed by atoms with Gasteiger partial charge in [0.1, 0.15) is 5.01 Å². The summed E-state index contributed by atoms with van der Waals surface area (Å²) in [6.45, 7) is 0. The highest BCUT2D eigenvalue weighted by Gasteiger charge is 2.12. The molecule has 154 valence electrons. The molecule has 0 saturated heterocycles. The molecule has 0 aliphatic carbocycles. The second-order valence-electron chi connectivity index (χ2n) is 5.86. The van der Waals surface area contributed by atoms with Gasteiger partial charge in [-0.3, -0.25) is 14.9 Å². The quantitative estimate of drug-likeness (QED) is 0.379. The molecule has 0 saturated carbocycles. The molecule has 1 aromatic heterocycles. The molecule has 3 N–H and O–H groups in total. The monoisotopic (exact) mass is 445 g/mol. The van der Waals surface area contributed by atoms with Crippen molar-refractivity contribution in [3.05, 3.63) is 63.6 Å². The Balaban J connectivity index is 1.52. The van der Waals surface area contributed by atoms with Crippen molar-refractivity contribution in [2.75, 3.05) is 12.4 Å². The lowest BCUT2D eigenvalue weighted by atomic mass is 10.2. The van der Waals surface area contributed by atoms with Crippen molar-refractivity contribution in [3.8, 4) is 11.5 Å². The van der Waals surface area contributed by atoms with Crippen molar-refractivity contribution in [1.82, 2.24) is 15.6 Å². The number of hydrogen-bond acceptors (Lipinski definition) is 8. The number of carbonyl (C=O) groups is 2. The Labute approximate surface area is 180 Å². The highest BCUT2D eigenvalue weighted by atomic mass is 35.5. The van der Waals surface area contributed by atoms with E-state index >= 15 is 0 Å². The molecule has 3 rings (SSSR count). The van der Waals surface area contributed by atoms with Crippen molar-refractivity contribution < 1.29 is 19.4 Å². The molecule has 0 atom stereocenters. The van der Waals surface area contributed by atoms with Crippen LogP contribution in [0.15, 0.2) is 47.6 Å². The first-order chi connectivity index (χ1) is 14.4. The smallest absolute Gasteiger partial charge is 0.257 e. The van der Waals surface area contributed by atoms with E-state index in [-0.39, 0.29) is 23.2 Å². The molecule has 30 heavy (non-hydrogen) atoms. The van der Waals surface area contributed by atoms with Crippen LogP contribution in [0.25, 0.3) is 0 Å². The van der Waals surface area contributed by atoms with Crippen LogP contribution >= 0.6 is 22.9 Å². The second kappa shape index (κ2) is 9.81. The van der Waals surface area contributed by atoms with Gasteiger partial charge in [-0.1, -0.05) is 22.9 Å². The van der Waals surface area contributed by atoms with E-state index < -0.39 is 5.91 Å². The van der Waals surface area contributed by atoms with Gasteiger partial charge < -0.3 is 9.84 Å². The van der Waals surface area contributed by atoms with Gasteiger partial charge in [-0.2, -0.15) is 5.10 Å². The number of nitrogens with one attached hydrogen (secondary N) is 2. The predicted octanol–water partition coefficient (Wildman–Crippen LogP) is 2.85. The molecule has 2 amide bonds. The maximum absolute atomic E-state index is 12.2. The van der Waals surface area contributed by atoms with Crippen LogP contribution in [0.1, 0.15) is 20.9 Å². The maximum Gasteiger partial charge on any atom is 0.257 e. The summed E-state index contributed by atoms with van der Waals surface area (Å²) in [4.78, 5) is 24.2. The zero-order valence-corrected chi connectivity index (χ0v) is 17.2. The Morgan fingerprint density at radius 1 is 1.23 bits per heavy atom. The van der Waals surface area contributed by atoms with Gasteiger partial charge in [0.2, 0.25) is 11.0 Å². The van der Waals surface area contributed by atoms with Crippen LogP contribution in [0, 0.1) is 0 Å². The molecule has 0 spiro atoms. The fraction of sp³-hybridized carbons (Fsp3) is 0.105. The molecule has 0 aliphatic rings. The molecule has 3 aromatic rings. The number of hydrazone groups is 1. The lowest BCUT2D eigenvalue weighted by molar-refractivity contribution is -0.120. The van der Waals surface area contributed by atoms with Gasteiger partial charge in [-0.15, -0.1) is 10.2 Å². The average molecular weight is 446 g/mol. The Kier molecular flexibility index (Phi) is 6.94. The number of amides is 2.